The van der Waals surface area contributed by atoms with Crippen LogP contribution >= 0.6 is 0 Å². The molecule has 7 aromatic carbocycles. The number of fused-ring (bicyclic) bond motifs is 4. The summed E-state index contributed by atoms with van der Waals surface area (Å²) in [6.07, 6.45) is 10.1. The zero-order valence-electron chi connectivity index (χ0n) is 32.3. The summed E-state index contributed by atoms with van der Waals surface area (Å²) in [6, 6.07) is 58.7. The number of aliphatic imine (C=N–C) groups is 1. The van der Waals surface area contributed by atoms with Gasteiger partial charge in [0.05, 0.1) is 22.0 Å². The summed E-state index contributed by atoms with van der Waals surface area (Å²) in [6.45, 7) is 0.500. The fourth-order valence-electron chi connectivity index (χ4n) is 8.37. The minimum atomic E-state index is -3.67. The Morgan fingerprint density at radius 3 is 2.10 bits per heavy atom. The molecule has 2 atom stereocenters. The minimum absolute atomic E-state index is 0.369. The van der Waals surface area contributed by atoms with Crippen LogP contribution in [0, 0.1) is 11.8 Å². The predicted octanol–water partition coefficient (Wildman–Crippen LogP) is 12.1. The van der Waals surface area contributed by atoms with Crippen molar-refractivity contribution in [3.63, 3.8) is 0 Å². The molecule has 1 saturated carbocycles. The van der Waals surface area contributed by atoms with Gasteiger partial charge in [-0.25, -0.2) is 8.42 Å². The van der Waals surface area contributed by atoms with Crippen molar-refractivity contribution in [3.05, 3.63) is 223 Å². The van der Waals surface area contributed by atoms with Crippen LogP contribution in [0.15, 0.2) is 221 Å². The first-order valence-corrected chi connectivity index (χ1v) is 21.5. The SMILES string of the molecule is NC(=CC(=NCc1cccc(-c2ccc(N(C3=CC4C[C@H]4C=C3)c3cccc(-c4cccc5c4S(=O)(=O)c4ccccc4-5)c3)cc2)c1)c1ccccc1)c1ccccc1. The lowest BCUT2D eigenvalue weighted by Gasteiger charge is -2.28. The van der Waals surface area contributed by atoms with Gasteiger partial charge in [-0.05, 0) is 100 Å². The van der Waals surface area contributed by atoms with Gasteiger partial charge in [0.15, 0.2) is 0 Å². The summed E-state index contributed by atoms with van der Waals surface area (Å²) in [5.41, 5.74) is 19.5. The van der Waals surface area contributed by atoms with Crippen LogP contribution in [0.1, 0.15) is 23.1 Å². The molecule has 0 saturated heterocycles. The fraction of sp³-hybridized carbons (Fsp3) is 0.0755. The number of allylic oxidation sites excluding steroid dienone is 4. The number of anilines is 2. The zero-order chi connectivity index (χ0) is 39.9. The highest BCUT2D eigenvalue weighted by Crippen LogP contribution is 2.49. The second-order valence-corrected chi connectivity index (χ2v) is 17.2. The van der Waals surface area contributed by atoms with Gasteiger partial charge in [0.1, 0.15) is 0 Å². The largest absolute Gasteiger partial charge is 0.398 e. The van der Waals surface area contributed by atoms with E-state index in [0.717, 1.165) is 67.3 Å². The van der Waals surface area contributed by atoms with Crippen molar-refractivity contribution in [1.29, 1.82) is 0 Å². The number of rotatable bonds is 10. The molecule has 2 N–H and O–H groups in total. The first kappa shape index (κ1) is 36.3. The van der Waals surface area contributed by atoms with Crippen molar-refractivity contribution < 1.29 is 8.42 Å². The van der Waals surface area contributed by atoms with E-state index < -0.39 is 9.84 Å². The van der Waals surface area contributed by atoms with Gasteiger partial charge in [0.2, 0.25) is 9.84 Å². The van der Waals surface area contributed by atoms with E-state index in [4.69, 9.17) is 10.7 Å². The molecule has 0 radical (unpaired) electrons. The van der Waals surface area contributed by atoms with Crippen molar-refractivity contribution in [2.75, 3.05) is 4.90 Å². The monoisotopic (exact) mass is 783 g/mol. The second-order valence-electron chi connectivity index (χ2n) is 15.4. The van der Waals surface area contributed by atoms with E-state index in [2.05, 4.69) is 95.9 Å². The van der Waals surface area contributed by atoms with E-state index in [9.17, 15) is 8.42 Å². The molecule has 10 rings (SSSR count). The van der Waals surface area contributed by atoms with Crippen molar-refractivity contribution in [1.82, 2.24) is 0 Å². The van der Waals surface area contributed by atoms with Crippen LogP contribution in [-0.2, 0) is 16.4 Å². The number of sulfone groups is 1. The van der Waals surface area contributed by atoms with Gasteiger partial charge in [-0.15, -0.1) is 0 Å². The van der Waals surface area contributed by atoms with Gasteiger partial charge in [0.25, 0.3) is 0 Å². The van der Waals surface area contributed by atoms with Gasteiger partial charge in [-0.3, -0.25) is 4.99 Å². The van der Waals surface area contributed by atoms with Crippen LogP contribution in [-0.4, -0.2) is 14.1 Å². The molecular formula is C53H41N3O2S. The van der Waals surface area contributed by atoms with Gasteiger partial charge in [-0.1, -0.05) is 152 Å². The molecular weight excluding hydrogens is 743 g/mol. The highest BCUT2D eigenvalue weighted by atomic mass is 32.2. The maximum absolute atomic E-state index is 13.9. The molecule has 0 aromatic heterocycles. The molecule has 2 aliphatic carbocycles. The Morgan fingerprint density at radius 1 is 0.627 bits per heavy atom. The summed E-state index contributed by atoms with van der Waals surface area (Å²) < 4.78 is 27.9. The van der Waals surface area contributed by atoms with E-state index in [1.165, 1.54) is 6.42 Å². The Morgan fingerprint density at radius 2 is 1.31 bits per heavy atom. The molecule has 59 heavy (non-hydrogen) atoms. The van der Waals surface area contributed by atoms with E-state index in [-0.39, 0.29) is 0 Å². The Kier molecular flexibility index (Phi) is 9.27. The molecule has 5 nitrogen and oxygen atoms in total. The van der Waals surface area contributed by atoms with E-state index in [1.807, 2.05) is 97.1 Å². The number of benzene rings is 7. The van der Waals surface area contributed by atoms with Gasteiger partial charge in [-0.2, -0.15) is 0 Å². The van der Waals surface area contributed by atoms with Crippen LogP contribution in [0.2, 0.25) is 0 Å². The number of hydrogen-bond acceptors (Lipinski definition) is 5. The zero-order valence-corrected chi connectivity index (χ0v) is 33.1. The predicted molar refractivity (Wildman–Crippen MR) is 241 cm³/mol. The van der Waals surface area contributed by atoms with E-state index >= 15 is 0 Å². The topological polar surface area (TPSA) is 75.8 Å². The van der Waals surface area contributed by atoms with Gasteiger partial charge in [0, 0.05) is 39.5 Å². The molecule has 0 amide bonds. The lowest BCUT2D eigenvalue weighted by Crippen LogP contribution is -2.16. The normalized spacial score (nSPS) is 17.4. The Labute approximate surface area is 345 Å². The van der Waals surface area contributed by atoms with Crippen LogP contribution in [0.5, 0.6) is 0 Å². The quantitative estimate of drug-likeness (QED) is 0.140. The standard InChI is InChI=1S/C53H41N3O2S/c54-50(38-13-3-1-4-14-38)34-51(39-15-5-2-6-16-39)55-35-36-12-9-17-40(30-36)37-24-27-44(28-25-37)56(46-29-26-41-31-43(41)33-46)45-19-10-18-42(32-45)47-21-11-22-49-48-20-7-8-23-52(48)59(57,58)53(47)49/h1-30,32-34,41,43H,31,35,54H2/t41-,43?/m1/s1. The molecule has 0 spiro atoms. The van der Waals surface area contributed by atoms with Crippen LogP contribution in [0.25, 0.3) is 39.1 Å². The molecule has 3 aliphatic rings. The average molecular weight is 784 g/mol. The first-order valence-electron chi connectivity index (χ1n) is 20.0. The lowest BCUT2D eigenvalue weighted by molar-refractivity contribution is 0.599. The molecule has 1 unspecified atom stereocenters. The third kappa shape index (κ3) is 7.02. The minimum Gasteiger partial charge on any atom is -0.398 e. The summed E-state index contributed by atoms with van der Waals surface area (Å²) in [5.74, 6) is 1.16. The second kappa shape index (κ2) is 15.1. The Bertz CT molecular complexity index is 2970. The van der Waals surface area contributed by atoms with Crippen molar-refractivity contribution in [3.8, 4) is 33.4 Å². The molecule has 0 bridgehead atoms. The summed E-state index contributed by atoms with van der Waals surface area (Å²) in [7, 11) is -3.67. The molecule has 6 heteroatoms. The maximum atomic E-state index is 13.9. The molecule has 1 fully saturated rings. The molecule has 286 valence electrons. The highest BCUT2D eigenvalue weighted by Gasteiger charge is 2.37. The summed E-state index contributed by atoms with van der Waals surface area (Å²) in [5, 5.41) is 0. The molecule has 7 aromatic rings. The third-order valence-electron chi connectivity index (χ3n) is 11.5. The van der Waals surface area contributed by atoms with Crippen molar-refractivity contribution in [2.24, 2.45) is 22.6 Å². The van der Waals surface area contributed by atoms with Crippen LogP contribution in [0.4, 0.5) is 11.4 Å². The summed E-state index contributed by atoms with van der Waals surface area (Å²) >= 11 is 0. The smallest absolute Gasteiger partial charge is 0.208 e. The molecule has 1 heterocycles. The van der Waals surface area contributed by atoms with Gasteiger partial charge < -0.3 is 10.6 Å². The lowest BCUT2D eigenvalue weighted by atomic mass is 9.98. The van der Waals surface area contributed by atoms with Crippen LogP contribution < -0.4 is 10.6 Å². The Hall–Kier alpha value is -7.02. The van der Waals surface area contributed by atoms with E-state index in [1.54, 1.807) is 12.1 Å². The number of nitrogens with two attached hydrogens (primary N) is 1. The Balaban J connectivity index is 0.966. The van der Waals surface area contributed by atoms with Crippen molar-refractivity contribution >= 4 is 32.6 Å². The number of hydrogen-bond donors (Lipinski definition) is 1. The highest BCUT2D eigenvalue weighted by molar-refractivity contribution is 7.92. The van der Waals surface area contributed by atoms with Crippen LogP contribution in [0.3, 0.4) is 0 Å². The van der Waals surface area contributed by atoms with Crippen molar-refractivity contribution in [2.45, 2.75) is 22.8 Å². The van der Waals surface area contributed by atoms with Gasteiger partial charge >= 0.3 is 0 Å². The number of nitrogens with zero attached hydrogens (tertiary/aromatic N) is 2. The summed E-state index contributed by atoms with van der Waals surface area (Å²) in [4.78, 5) is 8.11. The van der Waals surface area contributed by atoms with E-state index in [0.29, 0.717) is 39.4 Å². The fourth-order valence-corrected chi connectivity index (χ4v) is 10.3. The third-order valence-corrected chi connectivity index (χ3v) is 13.4. The molecule has 1 aliphatic heterocycles. The maximum Gasteiger partial charge on any atom is 0.208 e. The first-order chi connectivity index (χ1) is 28.9. The average Bonchev–Trinajstić information content (AvgIpc) is 4.03.